The van der Waals surface area contributed by atoms with Gasteiger partial charge in [-0.25, -0.2) is 9.97 Å². The summed E-state index contributed by atoms with van der Waals surface area (Å²) in [7, 11) is 3.21. The van der Waals surface area contributed by atoms with Crippen LogP contribution < -0.4 is 14.8 Å². The van der Waals surface area contributed by atoms with Crippen LogP contribution in [-0.2, 0) is 0 Å². The van der Waals surface area contributed by atoms with Crippen LogP contribution in [0.3, 0.4) is 0 Å². The molecule has 1 saturated carbocycles. The van der Waals surface area contributed by atoms with Crippen LogP contribution >= 0.6 is 0 Å². The van der Waals surface area contributed by atoms with E-state index in [0.29, 0.717) is 11.5 Å². The van der Waals surface area contributed by atoms with Crippen molar-refractivity contribution in [3.05, 3.63) is 50.2 Å². The first kappa shape index (κ1) is 13.0. The minimum absolute atomic E-state index is 0.651. The number of nitrogens with one attached hydrogen (secondary N) is 1. The summed E-state index contributed by atoms with van der Waals surface area (Å²) in [6, 6.07) is 4.70. The number of rotatable bonds is 4. The van der Waals surface area contributed by atoms with Gasteiger partial charge in [0.05, 0.1) is 25.8 Å². The summed E-state index contributed by atoms with van der Waals surface area (Å²) in [4.78, 5) is 8.56. The Labute approximate surface area is 118 Å². The third-order valence-corrected chi connectivity index (χ3v) is 3.07. The van der Waals surface area contributed by atoms with Gasteiger partial charge in [0.1, 0.15) is 12.1 Å². The van der Waals surface area contributed by atoms with Crippen molar-refractivity contribution < 1.29 is 9.47 Å². The van der Waals surface area contributed by atoms with E-state index < -0.39 is 0 Å². The first-order valence-electron chi connectivity index (χ1n) is 6.17. The number of aromatic nitrogens is 2. The Morgan fingerprint density at radius 1 is 0.950 bits per heavy atom. The molecule has 1 aliphatic rings. The van der Waals surface area contributed by atoms with Crippen molar-refractivity contribution in [2.45, 2.75) is 0 Å². The summed E-state index contributed by atoms with van der Waals surface area (Å²) in [6.45, 7) is 0. The quantitative estimate of drug-likeness (QED) is 0.923. The number of hydrogen-bond donors (Lipinski definition) is 1. The van der Waals surface area contributed by atoms with Crippen LogP contribution in [0.5, 0.6) is 11.5 Å². The zero-order chi connectivity index (χ0) is 13.9. The van der Waals surface area contributed by atoms with Gasteiger partial charge in [0.15, 0.2) is 11.5 Å². The lowest BCUT2D eigenvalue weighted by Crippen LogP contribution is -2.08. The normalized spacial score (nSPS) is 15.5. The Kier molecular flexibility index (Phi) is 3.58. The van der Waals surface area contributed by atoms with E-state index in [1.165, 1.54) is 6.33 Å². The number of hydrogen-bond acceptors (Lipinski definition) is 5. The van der Waals surface area contributed by atoms with Crippen LogP contribution in [0.25, 0.3) is 10.9 Å². The fourth-order valence-electron chi connectivity index (χ4n) is 2.08. The third kappa shape index (κ3) is 2.35. The standard InChI is InChI=1S/C15H14N3O2/c1-19-13-7-11-12(8-14(13)20-2)16-9-17-15(11)18-10-5-3-4-6-10/h3-9H,1-2H3,(H,16,17,18). The fraction of sp³-hybridized carbons (Fsp3) is 0.133. The van der Waals surface area contributed by atoms with Crippen molar-refractivity contribution in [1.29, 1.82) is 0 Å². The zero-order valence-electron chi connectivity index (χ0n) is 11.3. The summed E-state index contributed by atoms with van der Waals surface area (Å²) in [5.41, 5.74) is 0.798. The van der Waals surface area contributed by atoms with E-state index in [0.717, 1.165) is 22.8 Å². The van der Waals surface area contributed by atoms with E-state index in [1.807, 2.05) is 37.8 Å². The molecule has 5 radical (unpaired) electrons. The van der Waals surface area contributed by atoms with Gasteiger partial charge in [-0.2, -0.15) is 0 Å². The zero-order valence-corrected chi connectivity index (χ0v) is 11.3. The highest BCUT2D eigenvalue weighted by molar-refractivity contribution is 5.92. The topological polar surface area (TPSA) is 56.3 Å². The predicted molar refractivity (Wildman–Crippen MR) is 76.7 cm³/mol. The number of nitrogens with zero attached hydrogens (tertiary/aromatic N) is 2. The number of anilines is 1. The molecule has 2 aromatic rings. The van der Waals surface area contributed by atoms with Gasteiger partial charge in [-0.3, -0.25) is 0 Å². The SMILES string of the molecule is COc1cc2ncnc(N[C]3[CH][CH][CH][CH]3)c2cc1OC. The fourth-order valence-corrected chi connectivity index (χ4v) is 2.08. The maximum absolute atomic E-state index is 5.33. The Hall–Kier alpha value is -2.04. The Balaban J connectivity index is 2.03. The van der Waals surface area contributed by atoms with Gasteiger partial charge in [0.2, 0.25) is 0 Å². The largest absolute Gasteiger partial charge is 0.493 e. The molecule has 0 amide bonds. The van der Waals surface area contributed by atoms with Crippen LogP contribution in [-0.4, -0.2) is 24.2 Å². The second-order valence-electron chi connectivity index (χ2n) is 4.25. The lowest BCUT2D eigenvalue weighted by atomic mass is 10.2. The molecule has 0 unspecified atom stereocenters. The summed E-state index contributed by atoms with van der Waals surface area (Å²) in [5.74, 6) is 2.04. The monoisotopic (exact) mass is 268 g/mol. The van der Waals surface area contributed by atoms with Gasteiger partial charge in [-0.1, -0.05) is 0 Å². The van der Waals surface area contributed by atoms with Crippen LogP contribution in [0.1, 0.15) is 0 Å². The number of benzene rings is 1. The highest BCUT2D eigenvalue weighted by Crippen LogP contribution is 2.35. The average molecular weight is 268 g/mol. The Bertz CT molecular complexity index is 609. The van der Waals surface area contributed by atoms with E-state index in [1.54, 1.807) is 14.2 Å². The van der Waals surface area contributed by atoms with Gasteiger partial charge in [0.25, 0.3) is 0 Å². The maximum Gasteiger partial charge on any atom is 0.162 e. The number of fused-ring (bicyclic) bond motifs is 1. The molecule has 101 valence electrons. The van der Waals surface area contributed by atoms with E-state index in [-0.39, 0.29) is 0 Å². The van der Waals surface area contributed by atoms with Crippen molar-refractivity contribution >= 4 is 16.7 Å². The average Bonchev–Trinajstić information content (AvgIpc) is 2.99. The van der Waals surface area contributed by atoms with E-state index in [9.17, 15) is 0 Å². The minimum Gasteiger partial charge on any atom is -0.493 e. The van der Waals surface area contributed by atoms with Gasteiger partial charge >= 0.3 is 0 Å². The van der Waals surface area contributed by atoms with Gasteiger partial charge < -0.3 is 14.8 Å². The van der Waals surface area contributed by atoms with Crippen LogP contribution in [0, 0.1) is 31.7 Å². The first-order chi connectivity index (χ1) is 9.81. The Morgan fingerprint density at radius 2 is 1.65 bits per heavy atom. The molecule has 5 nitrogen and oxygen atoms in total. The lowest BCUT2D eigenvalue weighted by molar-refractivity contribution is 0.356. The van der Waals surface area contributed by atoms with Crippen LogP contribution in [0.2, 0.25) is 0 Å². The molecular weight excluding hydrogens is 254 g/mol. The lowest BCUT2D eigenvalue weighted by Gasteiger charge is -2.14. The molecule has 1 aromatic heterocycles. The molecule has 5 heteroatoms. The molecule has 1 N–H and O–H groups in total. The summed E-state index contributed by atoms with van der Waals surface area (Å²) < 4.78 is 10.6. The number of methoxy groups -OCH3 is 2. The second kappa shape index (κ2) is 5.53. The predicted octanol–water partition coefficient (Wildman–Crippen LogP) is 2.42. The van der Waals surface area contributed by atoms with E-state index in [4.69, 9.17) is 9.47 Å². The molecule has 1 aliphatic carbocycles. The summed E-state index contributed by atoms with van der Waals surface area (Å²) in [5, 5.41) is 4.15. The molecule has 1 fully saturated rings. The molecule has 20 heavy (non-hydrogen) atoms. The molecule has 1 aromatic carbocycles. The van der Waals surface area contributed by atoms with Crippen LogP contribution in [0.4, 0.5) is 5.82 Å². The minimum atomic E-state index is 0.651. The molecule has 0 spiro atoms. The van der Waals surface area contributed by atoms with Crippen molar-refractivity contribution in [3.63, 3.8) is 0 Å². The molecule has 1 heterocycles. The van der Waals surface area contributed by atoms with Gasteiger partial charge in [0, 0.05) is 11.5 Å². The highest BCUT2D eigenvalue weighted by atomic mass is 16.5. The smallest absolute Gasteiger partial charge is 0.162 e. The third-order valence-electron chi connectivity index (χ3n) is 3.07. The summed E-state index contributed by atoms with van der Waals surface area (Å²) in [6.07, 6.45) is 9.42. The van der Waals surface area contributed by atoms with E-state index in [2.05, 4.69) is 15.3 Å². The molecule has 0 atom stereocenters. The summed E-state index contributed by atoms with van der Waals surface area (Å²) >= 11 is 0. The molecule has 0 saturated heterocycles. The van der Waals surface area contributed by atoms with Crippen molar-refractivity contribution in [2.75, 3.05) is 19.5 Å². The molecule has 0 bridgehead atoms. The van der Waals surface area contributed by atoms with Crippen molar-refractivity contribution in [1.82, 2.24) is 9.97 Å². The number of ether oxygens (including phenoxy) is 2. The Morgan fingerprint density at radius 3 is 2.35 bits per heavy atom. The molecule has 3 rings (SSSR count). The molecule has 0 aliphatic heterocycles. The van der Waals surface area contributed by atoms with E-state index >= 15 is 0 Å². The van der Waals surface area contributed by atoms with Gasteiger partial charge in [-0.15, -0.1) is 0 Å². The van der Waals surface area contributed by atoms with Crippen molar-refractivity contribution in [3.8, 4) is 11.5 Å². The van der Waals surface area contributed by atoms with Crippen LogP contribution in [0.15, 0.2) is 18.5 Å². The molecular formula is C15H14N3O2. The maximum atomic E-state index is 5.33. The highest BCUT2D eigenvalue weighted by Gasteiger charge is 2.19. The first-order valence-corrected chi connectivity index (χ1v) is 6.17. The second-order valence-corrected chi connectivity index (χ2v) is 4.25. The van der Waals surface area contributed by atoms with Crippen molar-refractivity contribution in [2.24, 2.45) is 0 Å². The van der Waals surface area contributed by atoms with Gasteiger partial charge in [-0.05, 0) is 31.7 Å².